The molecule has 2 heterocycles. The lowest BCUT2D eigenvalue weighted by Crippen LogP contribution is -2.57. The van der Waals surface area contributed by atoms with Crippen molar-refractivity contribution in [2.75, 3.05) is 32.8 Å². The lowest BCUT2D eigenvalue weighted by molar-refractivity contribution is -0.143. The number of hydrogen-bond acceptors (Lipinski definition) is 4. The number of nitrogens with one attached hydrogen (secondary N) is 1. The second-order valence-corrected chi connectivity index (χ2v) is 7.78. The number of morpholine rings is 1. The van der Waals surface area contributed by atoms with Crippen LogP contribution in [0.2, 0.25) is 5.82 Å². The van der Waals surface area contributed by atoms with Crippen molar-refractivity contribution in [2.24, 2.45) is 0 Å². The highest BCUT2D eigenvalue weighted by atomic mass is 16.5. The van der Waals surface area contributed by atoms with E-state index < -0.39 is 0 Å². The molecule has 1 aromatic carbocycles. The van der Waals surface area contributed by atoms with E-state index in [1.54, 1.807) is 0 Å². The van der Waals surface area contributed by atoms with Crippen LogP contribution in [0.25, 0.3) is 0 Å². The summed E-state index contributed by atoms with van der Waals surface area (Å²) in [6, 6.07) is 6.56. The van der Waals surface area contributed by atoms with Gasteiger partial charge in [0.25, 0.3) is 0 Å². The van der Waals surface area contributed by atoms with Crippen LogP contribution in [0.1, 0.15) is 29.9 Å². The number of carbonyl (C=O) groups is 1. The van der Waals surface area contributed by atoms with Crippen LogP contribution in [-0.4, -0.2) is 63.6 Å². The molecule has 0 spiro atoms. The van der Waals surface area contributed by atoms with Crippen molar-refractivity contribution in [2.45, 2.75) is 43.7 Å². The van der Waals surface area contributed by atoms with Gasteiger partial charge in [0.1, 0.15) is 19.7 Å². The monoisotopic (exact) mass is 342 g/mol. The molecule has 25 heavy (non-hydrogen) atoms. The van der Waals surface area contributed by atoms with Crippen molar-refractivity contribution in [3.63, 3.8) is 0 Å². The lowest BCUT2D eigenvalue weighted by atomic mass is 9.96. The molecule has 1 N–H and O–H groups in total. The van der Waals surface area contributed by atoms with E-state index in [0.717, 1.165) is 30.6 Å². The molecule has 4 rings (SSSR count). The van der Waals surface area contributed by atoms with Crippen LogP contribution in [0.5, 0.6) is 5.75 Å². The third kappa shape index (κ3) is 3.85. The highest BCUT2D eigenvalue weighted by molar-refractivity contribution is 6.14. The molecule has 2 saturated heterocycles. The Balaban J connectivity index is 1.24. The fourth-order valence-corrected chi connectivity index (χ4v) is 3.79. The average Bonchev–Trinajstić information content (AvgIpc) is 3.29. The van der Waals surface area contributed by atoms with E-state index in [1.165, 1.54) is 17.5 Å². The zero-order chi connectivity index (χ0) is 17.4. The van der Waals surface area contributed by atoms with E-state index in [4.69, 9.17) is 9.47 Å². The number of rotatable bonds is 5. The lowest BCUT2D eigenvalue weighted by Gasteiger charge is -2.40. The molecule has 3 aliphatic rings. The van der Waals surface area contributed by atoms with Gasteiger partial charge in [-0.25, -0.2) is 0 Å². The first kappa shape index (κ1) is 16.9. The van der Waals surface area contributed by atoms with E-state index in [-0.39, 0.29) is 18.1 Å². The van der Waals surface area contributed by atoms with Crippen LogP contribution in [0.4, 0.5) is 0 Å². The summed E-state index contributed by atoms with van der Waals surface area (Å²) in [7, 11) is 2.30. The maximum atomic E-state index is 12.3. The smallest absolute Gasteiger partial charge is 0.225 e. The summed E-state index contributed by atoms with van der Waals surface area (Å²) in [5.41, 5.74) is 2.63. The van der Waals surface area contributed by atoms with Gasteiger partial charge >= 0.3 is 0 Å². The Morgan fingerprint density at radius 3 is 2.88 bits per heavy atom. The van der Waals surface area contributed by atoms with Crippen LogP contribution in [0.3, 0.4) is 0 Å². The number of likely N-dealkylation sites (tertiary alicyclic amines) is 1. The number of ether oxygens (including phenoxy) is 2. The maximum absolute atomic E-state index is 12.3. The van der Waals surface area contributed by atoms with Gasteiger partial charge in [-0.2, -0.15) is 0 Å². The number of amides is 1. The van der Waals surface area contributed by atoms with Crippen molar-refractivity contribution < 1.29 is 14.3 Å². The van der Waals surface area contributed by atoms with Gasteiger partial charge in [-0.05, 0) is 30.0 Å². The molecular formula is C19H27BN2O3. The Kier molecular flexibility index (Phi) is 4.74. The van der Waals surface area contributed by atoms with Crippen LogP contribution in [0, 0.1) is 6.92 Å². The SMILES string of the molecule is BC1CC1c1ccc(OC2CN(C(=O)CC3CNCCO3)C2)c(C)c1. The molecule has 3 unspecified atom stereocenters. The number of hydrogen-bond donors (Lipinski definition) is 1. The Morgan fingerprint density at radius 1 is 1.44 bits per heavy atom. The molecule has 5 nitrogen and oxygen atoms in total. The van der Waals surface area contributed by atoms with E-state index in [0.29, 0.717) is 26.1 Å². The molecule has 1 aromatic rings. The maximum Gasteiger partial charge on any atom is 0.225 e. The highest BCUT2D eigenvalue weighted by Gasteiger charge is 2.35. The molecule has 1 aliphatic carbocycles. The summed E-state index contributed by atoms with van der Waals surface area (Å²) in [5.74, 6) is 2.68. The first-order chi connectivity index (χ1) is 12.1. The largest absolute Gasteiger partial charge is 0.486 e. The van der Waals surface area contributed by atoms with Crippen molar-refractivity contribution >= 4 is 13.8 Å². The molecule has 0 bridgehead atoms. The fraction of sp³-hybridized carbons (Fsp3) is 0.632. The molecule has 0 radical (unpaired) electrons. The molecular weight excluding hydrogens is 315 g/mol. The van der Waals surface area contributed by atoms with Gasteiger partial charge in [-0.3, -0.25) is 4.79 Å². The minimum atomic E-state index is 0.0147. The second kappa shape index (κ2) is 7.00. The minimum Gasteiger partial charge on any atom is -0.486 e. The predicted octanol–water partition coefficient (Wildman–Crippen LogP) is 0.872. The number of benzene rings is 1. The van der Waals surface area contributed by atoms with Gasteiger partial charge < -0.3 is 19.7 Å². The average molecular weight is 342 g/mol. The molecule has 3 atom stereocenters. The zero-order valence-electron chi connectivity index (χ0n) is 15.2. The van der Waals surface area contributed by atoms with Gasteiger partial charge in [0, 0.05) is 13.1 Å². The van der Waals surface area contributed by atoms with Crippen molar-refractivity contribution in [3.05, 3.63) is 29.3 Å². The summed E-state index contributed by atoms with van der Waals surface area (Å²) >= 11 is 0. The summed E-state index contributed by atoms with van der Waals surface area (Å²) in [4.78, 5) is 14.2. The summed E-state index contributed by atoms with van der Waals surface area (Å²) in [5, 5.41) is 3.26. The zero-order valence-corrected chi connectivity index (χ0v) is 15.2. The second-order valence-electron chi connectivity index (χ2n) is 7.78. The van der Waals surface area contributed by atoms with Crippen LogP contribution in [0.15, 0.2) is 18.2 Å². The van der Waals surface area contributed by atoms with Crippen LogP contribution in [-0.2, 0) is 9.53 Å². The Morgan fingerprint density at radius 2 is 2.24 bits per heavy atom. The van der Waals surface area contributed by atoms with E-state index in [1.807, 2.05) is 4.90 Å². The van der Waals surface area contributed by atoms with Crippen LogP contribution >= 0.6 is 0 Å². The third-order valence-corrected chi connectivity index (χ3v) is 5.64. The molecule has 3 fully saturated rings. The summed E-state index contributed by atoms with van der Waals surface area (Å²) in [6.45, 7) is 5.81. The van der Waals surface area contributed by atoms with Crippen molar-refractivity contribution in [3.8, 4) is 5.75 Å². The molecule has 1 amide bonds. The Bertz CT molecular complexity index is 642. The highest BCUT2D eigenvalue weighted by Crippen LogP contribution is 2.50. The number of aryl methyl sites for hydroxylation is 1. The van der Waals surface area contributed by atoms with Gasteiger partial charge in [0.2, 0.25) is 5.91 Å². The van der Waals surface area contributed by atoms with Crippen molar-refractivity contribution in [1.82, 2.24) is 10.2 Å². The molecule has 6 heteroatoms. The Hall–Kier alpha value is -1.53. The quantitative estimate of drug-likeness (QED) is 0.807. The third-order valence-electron chi connectivity index (χ3n) is 5.64. The molecule has 0 aromatic heterocycles. The standard InChI is InChI=1S/C19H27BN2O3/c1-12-6-13(16-8-17(16)20)2-3-18(12)25-15-10-22(11-15)19(23)7-14-9-21-4-5-24-14/h2-3,6,14-17,21H,4-5,7-11,20H2,1H3. The Labute approximate surface area is 150 Å². The summed E-state index contributed by atoms with van der Waals surface area (Å²) < 4.78 is 11.7. The van der Waals surface area contributed by atoms with Gasteiger partial charge in [0.05, 0.1) is 32.2 Å². The van der Waals surface area contributed by atoms with E-state index >= 15 is 0 Å². The normalized spacial score (nSPS) is 29.2. The first-order valence-electron chi connectivity index (χ1n) is 9.47. The van der Waals surface area contributed by atoms with Gasteiger partial charge in [0.15, 0.2) is 0 Å². The van der Waals surface area contributed by atoms with E-state index in [2.05, 4.69) is 38.3 Å². The number of nitrogens with zero attached hydrogens (tertiary/aromatic N) is 1. The number of carbonyl (C=O) groups excluding carboxylic acids is 1. The molecule has 2 aliphatic heterocycles. The topological polar surface area (TPSA) is 50.8 Å². The molecule has 134 valence electrons. The van der Waals surface area contributed by atoms with Gasteiger partial charge in [-0.15, -0.1) is 0 Å². The van der Waals surface area contributed by atoms with Gasteiger partial charge in [-0.1, -0.05) is 24.4 Å². The predicted molar refractivity (Wildman–Crippen MR) is 99.1 cm³/mol. The first-order valence-corrected chi connectivity index (χ1v) is 9.47. The van der Waals surface area contributed by atoms with Crippen molar-refractivity contribution in [1.29, 1.82) is 0 Å². The van der Waals surface area contributed by atoms with Crippen LogP contribution < -0.4 is 10.1 Å². The van der Waals surface area contributed by atoms with E-state index in [9.17, 15) is 4.79 Å². The molecule has 1 saturated carbocycles. The summed E-state index contributed by atoms with van der Waals surface area (Å²) in [6.07, 6.45) is 1.90. The fourth-order valence-electron chi connectivity index (χ4n) is 3.79. The minimum absolute atomic E-state index is 0.0147.